The van der Waals surface area contributed by atoms with Crippen molar-refractivity contribution >= 4 is 17.5 Å². The first-order valence-electron chi connectivity index (χ1n) is 15.7. The minimum Gasteiger partial charge on any atom is -0.497 e. The first kappa shape index (κ1) is 34.0. The molecule has 8 nitrogen and oxygen atoms in total. The Hall–Kier alpha value is -4.32. The maximum Gasteiger partial charge on any atom is 0.461 e. The fourth-order valence-corrected chi connectivity index (χ4v) is 6.03. The molecule has 0 atom stereocenters. The number of hydrogen-bond acceptors (Lipinski definition) is 7. The molecule has 2 aliphatic rings. The van der Waals surface area contributed by atoms with E-state index in [0.29, 0.717) is 55.8 Å². The number of alkyl halides is 4. The van der Waals surface area contributed by atoms with Gasteiger partial charge in [-0.3, -0.25) is 24.3 Å². The van der Waals surface area contributed by atoms with Crippen molar-refractivity contribution in [1.82, 2.24) is 14.8 Å². The lowest BCUT2D eigenvalue weighted by Crippen LogP contribution is -2.40. The maximum atomic E-state index is 13.1. The Labute approximate surface area is 270 Å². The molecule has 0 saturated carbocycles. The topological polar surface area (TPSA) is 89.0 Å². The van der Waals surface area contributed by atoms with E-state index in [9.17, 15) is 31.9 Å². The smallest absolute Gasteiger partial charge is 0.461 e. The minimum atomic E-state index is -4.54. The summed E-state index contributed by atoms with van der Waals surface area (Å²) in [5.41, 5.74) is 2.18. The number of pyridine rings is 1. The number of hydrogen-bond donors (Lipinski definition) is 0. The molecule has 3 aromatic rings. The number of carbonyl (C=O) groups is 3. The summed E-state index contributed by atoms with van der Waals surface area (Å²) in [6, 6.07) is 15.9. The number of aromatic nitrogens is 1. The molecule has 250 valence electrons. The highest BCUT2D eigenvalue weighted by molar-refractivity contribution is 5.99. The van der Waals surface area contributed by atoms with Crippen LogP contribution in [0.4, 0.5) is 17.6 Å². The summed E-state index contributed by atoms with van der Waals surface area (Å²) in [7, 11) is 1.57. The van der Waals surface area contributed by atoms with Crippen molar-refractivity contribution in [3.05, 3.63) is 89.2 Å². The van der Waals surface area contributed by atoms with Gasteiger partial charge >= 0.3 is 12.5 Å². The Kier molecular flexibility index (Phi) is 10.9. The molecule has 2 aromatic carbocycles. The van der Waals surface area contributed by atoms with Crippen LogP contribution in [0, 0.1) is 11.8 Å². The van der Waals surface area contributed by atoms with Gasteiger partial charge in [0.15, 0.2) is 11.6 Å². The number of benzene rings is 2. The molecular formula is C35H37F4N3O5. The molecule has 2 fully saturated rings. The van der Waals surface area contributed by atoms with Gasteiger partial charge in [0.05, 0.1) is 7.11 Å². The van der Waals surface area contributed by atoms with Gasteiger partial charge in [-0.1, -0.05) is 12.1 Å². The van der Waals surface area contributed by atoms with E-state index < -0.39 is 12.5 Å². The molecule has 47 heavy (non-hydrogen) atoms. The maximum absolute atomic E-state index is 13.1. The molecule has 12 heteroatoms. The molecule has 1 aromatic heterocycles. The number of rotatable bonds is 12. The number of ketones is 2. The molecule has 1 amide bonds. The Morgan fingerprint density at radius 2 is 1.47 bits per heavy atom. The summed E-state index contributed by atoms with van der Waals surface area (Å²) in [5.74, 6) is 0.196. The van der Waals surface area contributed by atoms with E-state index in [1.807, 2.05) is 0 Å². The second-order valence-electron chi connectivity index (χ2n) is 12.0. The van der Waals surface area contributed by atoms with Crippen molar-refractivity contribution < 1.29 is 41.4 Å². The van der Waals surface area contributed by atoms with Crippen LogP contribution in [0.15, 0.2) is 66.9 Å². The van der Waals surface area contributed by atoms with Crippen molar-refractivity contribution in [2.24, 2.45) is 11.8 Å². The number of Topliss-reactive ketones (excluding diaryl/α,β-unsaturated/α-hetero) is 2. The highest BCUT2D eigenvalue weighted by Crippen LogP contribution is 2.29. The average molecular weight is 656 g/mol. The Morgan fingerprint density at radius 1 is 0.851 bits per heavy atom. The van der Waals surface area contributed by atoms with Crippen molar-refractivity contribution in [2.45, 2.75) is 51.2 Å². The lowest BCUT2D eigenvalue weighted by Gasteiger charge is -2.32. The van der Waals surface area contributed by atoms with Gasteiger partial charge in [-0.15, -0.1) is 0 Å². The van der Waals surface area contributed by atoms with Gasteiger partial charge in [0, 0.05) is 49.3 Å². The van der Waals surface area contributed by atoms with Crippen molar-refractivity contribution in [3.8, 4) is 11.5 Å². The minimum absolute atomic E-state index is 0.0380. The Morgan fingerprint density at radius 3 is 2.04 bits per heavy atom. The SMILES string of the molecule is COc1ccc(C(=O)C2CCN(C(=O)c3ccc(C(=O)CC4CCN(Cc5ccc(OC(F)(F)C(F)F)cc5)CC4)cn3)CC2)cc1. The molecule has 0 bridgehead atoms. The lowest BCUT2D eigenvalue weighted by atomic mass is 9.88. The van der Waals surface area contributed by atoms with Crippen molar-refractivity contribution in [3.63, 3.8) is 0 Å². The first-order valence-corrected chi connectivity index (χ1v) is 15.7. The fraction of sp³-hybridized carbons (Fsp3) is 0.429. The van der Waals surface area contributed by atoms with Crippen LogP contribution in [0.1, 0.15) is 68.9 Å². The second-order valence-corrected chi connectivity index (χ2v) is 12.0. The largest absolute Gasteiger partial charge is 0.497 e. The van der Waals surface area contributed by atoms with Crippen LogP contribution in [-0.4, -0.2) is 78.1 Å². The van der Waals surface area contributed by atoms with Crippen LogP contribution < -0.4 is 9.47 Å². The molecular weight excluding hydrogens is 618 g/mol. The number of amides is 1. The normalized spacial score (nSPS) is 16.7. The van der Waals surface area contributed by atoms with Gasteiger partial charge in [0.25, 0.3) is 5.91 Å². The zero-order chi connectivity index (χ0) is 33.6. The number of carbonyl (C=O) groups excluding carboxylic acids is 3. The summed E-state index contributed by atoms with van der Waals surface area (Å²) in [5, 5.41) is 0. The van der Waals surface area contributed by atoms with Crippen molar-refractivity contribution in [1.29, 1.82) is 0 Å². The number of nitrogens with zero attached hydrogens (tertiary/aromatic N) is 3. The number of methoxy groups -OCH3 is 1. The molecule has 0 unspecified atom stereocenters. The van der Waals surface area contributed by atoms with E-state index in [1.165, 1.54) is 18.3 Å². The third-order valence-corrected chi connectivity index (χ3v) is 8.85. The van der Waals surface area contributed by atoms with Crippen LogP contribution >= 0.6 is 0 Å². The summed E-state index contributed by atoms with van der Waals surface area (Å²) in [6.45, 7) is 2.95. The van der Waals surface area contributed by atoms with E-state index in [2.05, 4.69) is 14.6 Å². The predicted molar refractivity (Wildman–Crippen MR) is 165 cm³/mol. The number of halogens is 4. The number of piperidine rings is 2. The summed E-state index contributed by atoms with van der Waals surface area (Å²) < 4.78 is 60.2. The van der Waals surface area contributed by atoms with E-state index in [0.717, 1.165) is 31.5 Å². The fourth-order valence-electron chi connectivity index (χ4n) is 6.03. The van der Waals surface area contributed by atoms with Crippen LogP contribution in [0.2, 0.25) is 0 Å². The van der Waals surface area contributed by atoms with Gasteiger partial charge in [-0.05, 0) is 98.8 Å². The quantitative estimate of drug-likeness (QED) is 0.162. The molecule has 0 radical (unpaired) electrons. The van der Waals surface area contributed by atoms with E-state index >= 15 is 0 Å². The van der Waals surface area contributed by atoms with Gasteiger partial charge in [0.2, 0.25) is 0 Å². The first-order chi connectivity index (χ1) is 22.5. The van der Waals surface area contributed by atoms with E-state index in [-0.39, 0.29) is 40.8 Å². The molecule has 0 spiro atoms. The van der Waals surface area contributed by atoms with Gasteiger partial charge < -0.3 is 14.4 Å². The molecule has 0 aliphatic carbocycles. The molecule has 3 heterocycles. The van der Waals surface area contributed by atoms with Crippen LogP contribution in [0.25, 0.3) is 0 Å². The Bertz CT molecular complexity index is 1520. The highest BCUT2D eigenvalue weighted by Gasteiger charge is 2.44. The lowest BCUT2D eigenvalue weighted by molar-refractivity contribution is -0.253. The van der Waals surface area contributed by atoms with Gasteiger partial charge in [-0.2, -0.15) is 17.6 Å². The van der Waals surface area contributed by atoms with Gasteiger partial charge in [0.1, 0.15) is 17.2 Å². The van der Waals surface area contributed by atoms with Crippen LogP contribution in [0.3, 0.4) is 0 Å². The van der Waals surface area contributed by atoms with Crippen LogP contribution in [0.5, 0.6) is 11.5 Å². The molecule has 2 saturated heterocycles. The van der Waals surface area contributed by atoms with E-state index in [1.54, 1.807) is 60.5 Å². The zero-order valence-electron chi connectivity index (χ0n) is 26.0. The third kappa shape index (κ3) is 8.73. The Balaban J connectivity index is 1.04. The summed E-state index contributed by atoms with van der Waals surface area (Å²) in [6.07, 6.45) is -3.91. The van der Waals surface area contributed by atoms with Crippen LogP contribution in [-0.2, 0) is 6.54 Å². The zero-order valence-corrected chi connectivity index (χ0v) is 26.0. The summed E-state index contributed by atoms with van der Waals surface area (Å²) in [4.78, 5) is 47.2. The summed E-state index contributed by atoms with van der Waals surface area (Å²) >= 11 is 0. The van der Waals surface area contributed by atoms with E-state index in [4.69, 9.17) is 4.74 Å². The molecule has 0 N–H and O–H groups in total. The monoisotopic (exact) mass is 655 g/mol. The molecule has 2 aliphatic heterocycles. The predicted octanol–water partition coefficient (Wildman–Crippen LogP) is 6.55. The standard InChI is InChI=1S/C35H37F4N3O5/c1-46-28-9-4-25(5-10-28)32(44)26-14-18-42(19-15-26)33(45)30-11-6-27(21-40-30)31(43)20-23-12-16-41(17-13-23)22-24-2-7-29(8-3-24)47-35(38,39)34(36)37/h2-11,21,23,26,34H,12-20,22H2,1H3. The third-order valence-electron chi connectivity index (χ3n) is 8.85. The van der Waals surface area contributed by atoms with Gasteiger partial charge in [-0.25, -0.2) is 0 Å². The number of likely N-dealkylation sites (tertiary alicyclic amines) is 2. The average Bonchev–Trinajstić information content (AvgIpc) is 3.09. The number of ether oxygens (including phenoxy) is 2. The highest BCUT2D eigenvalue weighted by atomic mass is 19.3. The molecule has 5 rings (SSSR count). The second kappa shape index (κ2) is 15.1. The van der Waals surface area contributed by atoms with Crippen molar-refractivity contribution in [2.75, 3.05) is 33.3 Å².